The van der Waals surface area contributed by atoms with Crippen LogP contribution in [0.2, 0.25) is 0 Å². The van der Waals surface area contributed by atoms with E-state index in [1.54, 1.807) is 11.3 Å². The van der Waals surface area contributed by atoms with Crippen molar-refractivity contribution in [3.05, 3.63) is 52.2 Å². The van der Waals surface area contributed by atoms with Crippen LogP contribution in [0.3, 0.4) is 0 Å². The number of nitrogens with two attached hydrogens (primary N) is 1. The van der Waals surface area contributed by atoms with Gasteiger partial charge in [0.25, 0.3) is 0 Å². The number of rotatable bonds is 3. The van der Waals surface area contributed by atoms with Crippen LogP contribution in [0.25, 0.3) is 0 Å². The first-order chi connectivity index (χ1) is 9.70. The van der Waals surface area contributed by atoms with E-state index in [9.17, 15) is 0 Å². The number of hydrogen-bond donors (Lipinski definition) is 1. The van der Waals surface area contributed by atoms with Crippen LogP contribution >= 0.6 is 23.7 Å². The first-order valence-electron chi connectivity index (χ1n) is 6.95. The molecule has 0 aliphatic carbocycles. The van der Waals surface area contributed by atoms with E-state index in [1.165, 1.54) is 11.1 Å². The topological polar surface area (TPSA) is 38.5 Å². The molecule has 1 aliphatic heterocycles. The quantitative estimate of drug-likeness (QED) is 0.875. The summed E-state index contributed by atoms with van der Waals surface area (Å²) < 4.78 is 6.06. The Balaban J connectivity index is 0.00000161. The highest BCUT2D eigenvalue weighted by Gasteiger charge is 2.26. The number of benzene rings is 1. The molecule has 2 atom stereocenters. The minimum absolute atomic E-state index is 0. The zero-order valence-corrected chi connectivity index (χ0v) is 13.7. The summed E-state index contributed by atoms with van der Waals surface area (Å²) in [5.41, 5.74) is 9.24. The van der Waals surface area contributed by atoms with E-state index >= 15 is 0 Å². The van der Waals surface area contributed by atoms with Crippen LogP contribution in [0, 0.1) is 0 Å². The lowest BCUT2D eigenvalue weighted by molar-refractivity contribution is -0.0812. The Kier molecular flexibility index (Phi) is 5.65. The Labute approximate surface area is 136 Å². The number of anilines is 1. The number of nitrogens with zero attached hydrogens (tertiary/aromatic N) is 1. The highest BCUT2D eigenvalue weighted by atomic mass is 35.5. The van der Waals surface area contributed by atoms with Crippen LogP contribution in [-0.4, -0.2) is 24.1 Å². The number of morpholine rings is 1. The fourth-order valence-electron chi connectivity index (χ4n) is 2.76. The highest BCUT2D eigenvalue weighted by molar-refractivity contribution is 7.07. The molecule has 0 bridgehead atoms. The minimum Gasteiger partial charge on any atom is -0.399 e. The average molecular weight is 325 g/mol. The molecular weight excluding hydrogens is 304 g/mol. The summed E-state index contributed by atoms with van der Waals surface area (Å²) in [6.07, 6.45) is 0.445. The van der Waals surface area contributed by atoms with Gasteiger partial charge in [0.1, 0.15) is 0 Å². The third-order valence-corrected chi connectivity index (χ3v) is 4.31. The van der Waals surface area contributed by atoms with Crippen molar-refractivity contribution in [2.75, 3.05) is 18.8 Å². The van der Waals surface area contributed by atoms with Crippen LogP contribution in [0.4, 0.5) is 5.69 Å². The fourth-order valence-corrected chi connectivity index (χ4v) is 3.46. The summed E-state index contributed by atoms with van der Waals surface area (Å²) in [6, 6.07) is 10.3. The molecule has 1 aromatic heterocycles. The van der Waals surface area contributed by atoms with Crippen LogP contribution in [0.1, 0.15) is 24.2 Å². The molecule has 2 unspecified atom stereocenters. The second kappa shape index (κ2) is 7.27. The monoisotopic (exact) mass is 324 g/mol. The zero-order chi connectivity index (χ0) is 13.9. The molecule has 1 saturated heterocycles. The molecule has 2 aromatic rings. The summed E-state index contributed by atoms with van der Waals surface area (Å²) in [5.74, 6) is 0. The van der Waals surface area contributed by atoms with Gasteiger partial charge in [-0.05, 0) is 47.0 Å². The second-order valence-electron chi connectivity index (χ2n) is 5.43. The van der Waals surface area contributed by atoms with E-state index in [1.807, 2.05) is 12.1 Å². The summed E-state index contributed by atoms with van der Waals surface area (Å²) in [4.78, 5) is 2.45. The lowest BCUT2D eigenvalue weighted by Gasteiger charge is -2.36. The molecule has 21 heavy (non-hydrogen) atoms. The first kappa shape index (κ1) is 16.3. The molecular formula is C16H21ClN2OS. The predicted molar refractivity (Wildman–Crippen MR) is 91.0 cm³/mol. The molecule has 0 radical (unpaired) electrons. The van der Waals surface area contributed by atoms with E-state index in [2.05, 4.69) is 40.8 Å². The average Bonchev–Trinajstić information content (AvgIpc) is 2.91. The van der Waals surface area contributed by atoms with E-state index in [-0.39, 0.29) is 24.6 Å². The molecule has 0 spiro atoms. The number of hydrogen-bond acceptors (Lipinski definition) is 4. The Morgan fingerprint density at radius 1 is 1.33 bits per heavy atom. The maximum atomic E-state index is 6.06. The number of ether oxygens (including phenoxy) is 1. The standard InChI is InChI=1S/C16H20N2OS.ClH/c1-12-8-18(9-13-3-2-4-15(17)7-13)10-16(19-12)14-5-6-20-11-14;/h2-7,11-12,16H,8-10,17H2,1H3;1H. The first-order valence-corrected chi connectivity index (χ1v) is 7.89. The van der Waals surface area contributed by atoms with Gasteiger partial charge in [-0.2, -0.15) is 11.3 Å². The minimum atomic E-state index is 0. The lowest BCUT2D eigenvalue weighted by atomic mass is 10.1. The van der Waals surface area contributed by atoms with Crippen molar-refractivity contribution in [1.29, 1.82) is 0 Å². The molecule has 5 heteroatoms. The van der Waals surface area contributed by atoms with Crippen LogP contribution < -0.4 is 5.73 Å². The number of nitrogen functional groups attached to an aromatic ring is 1. The Morgan fingerprint density at radius 2 is 2.19 bits per heavy atom. The van der Waals surface area contributed by atoms with Gasteiger partial charge in [-0.15, -0.1) is 12.4 Å². The van der Waals surface area contributed by atoms with Crippen molar-refractivity contribution >= 4 is 29.4 Å². The molecule has 2 N–H and O–H groups in total. The predicted octanol–water partition coefficient (Wildman–Crippen LogP) is 3.71. The molecule has 114 valence electrons. The maximum Gasteiger partial charge on any atom is 0.0964 e. The van der Waals surface area contributed by atoms with Gasteiger partial charge in [0.15, 0.2) is 0 Å². The summed E-state index contributed by atoms with van der Waals surface area (Å²) in [5, 5.41) is 4.29. The van der Waals surface area contributed by atoms with E-state index in [4.69, 9.17) is 10.5 Å². The zero-order valence-electron chi connectivity index (χ0n) is 12.1. The Morgan fingerprint density at radius 3 is 2.90 bits per heavy atom. The molecule has 1 aliphatic rings. The van der Waals surface area contributed by atoms with Gasteiger partial charge in [0.05, 0.1) is 12.2 Å². The Bertz CT molecular complexity index is 561. The largest absolute Gasteiger partial charge is 0.399 e. The molecule has 3 nitrogen and oxygen atoms in total. The van der Waals surface area contributed by atoms with E-state index in [0.717, 1.165) is 25.3 Å². The highest BCUT2D eigenvalue weighted by Crippen LogP contribution is 2.27. The summed E-state index contributed by atoms with van der Waals surface area (Å²) in [7, 11) is 0. The van der Waals surface area contributed by atoms with Crippen LogP contribution in [0.5, 0.6) is 0 Å². The smallest absolute Gasteiger partial charge is 0.0964 e. The Hall–Kier alpha value is -1.07. The summed E-state index contributed by atoms with van der Waals surface area (Å²) in [6.45, 7) is 4.98. The molecule has 1 fully saturated rings. The SMILES string of the molecule is CC1CN(Cc2cccc(N)c2)CC(c2ccsc2)O1.Cl. The third kappa shape index (κ3) is 4.20. The van der Waals surface area contributed by atoms with Gasteiger partial charge in [-0.3, -0.25) is 4.90 Å². The summed E-state index contributed by atoms with van der Waals surface area (Å²) >= 11 is 1.73. The van der Waals surface area contributed by atoms with Crippen molar-refractivity contribution in [3.63, 3.8) is 0 Å². The normalized spacial score (nSPS) is 22.7. The number of thiophene rings is 1. The van der Waals surface area contributed by atoms with E-state index < -0.39 is 0 Å². The van der Waals surface area contributed by atoms with Crippen LogP contribution in [-0.2, 0) is 11.3 Å². The molecule has 2 heterocycles. The van der Waals surface area contributed by atoms with Crippen molar-refractivity contribution in [2.45, 2.75) is 25.7 Å². The van der Waals surface area contributed by atoms with Crippen LogP contribution in [0.15, 0.2) is 41.1 Å². The van der Waals surface area contributed by atoms with Gasteiger partial charge in [0, 0.05) is 25.3 Å². The maximum absolute atomic E-state index is 6.06. The van der Waals surface area contributed by atoms with Gasteiger partial charge >= 0.3 is 0 Å². The van der Waals surface area contributed by atoms with Crippen molar-refractivity contribution < 1.29 is 4.74 Å². The van der Waals surface area contributed by atoms with Gasteiger partial charge in [0.2, 0.25) is 0 Å². The third-order valence-electron chi connectivity index (χ3n) is 3.61. The molecule has 0 saturated carbocycles. The van der Waals surface area contributed by atoms with Gasteiger partial charge < -0.3 is 10.5 Å². The van der Waals surface area contributed by atoms with Crippen molar-refractivity contribution in [1.82, 2.24) is 4.90 Å². The van der Waals surface area contributed by atoms with Gasteiger partial charge in [-0.25, -0.2) is 0 Å². The fraction of sp³-hybridized carbons (Fsp3) is 0.375. The van der Waals surface area contributed by atoms with E-state index in [0.29, 0.717) is 0 Å². The molecule has 3 rings (SSSR count). The van der Waals surface area contributed by atoms with Crippen molar-refractivity contribution in [2.24, 2.45) is 0 Å². The number of halogens is 1. The van der Waals surface area contributed by atoms with Crippen molar-refractivity contribution in [3.8, 4) is 0 Å². The molecule has 1 aromatic carbocycles. The van der Waals surface area contributed by atoms with Gasteiger partial charge in [-0.1, -0.05) is 12.1 Å². The molecule has 0 amide bonds. The second-order valence-corrected chi connectivity index (χ2v) is 6.21. The lowest BCUT2D eigenvalue weighted by Crippen LogP contribution is -2.42.